The van der Waals surface area contributed by atoms with Crippen LogP contribution in [-0.4, -0.2) is 28.8 Å². The summed E-state index contributed by atoms with van der Waals surface area (Å²) in [5, 5.41) is 12.5. The molecule has 26 heavy (non-hydrogen) atoms. The molecule has 136 valence electrons. The number of hydrogen-bond acceptors (Lipinski definition) is 5. The minimum Gasteiger partial charge on any atom is -0.463 e. The van der Waals surface area contributed by atoms with Crippen molar-refractivity contribution in [2.45, 2.75) is 18.7 Å². The molecule has 3 rings (SSSR count). The van der Waals surface area contributed by atoms with Crippen molar-refractivity contribution in [2.24, 2.45) is 0 Å². The van der Waals surface area contributed by atoms with E-state index >= 15 is 0 Å². The number of halogens is 3. The number of aromatic nitrogens is 1. The zero-order chi connectivity index (χ0) is 18.9. The Hall–Kier alpha value is -2.45. The van der Waals surface area contributed by atoms with Gasteiger partial charge in [0.15, 0.2) is 0 Å². The predicted octanol–water partition coefficient (Wildman–Crippen LogP) is 4.28. The Morgan fingerprint density at radius 2 is 1.92 bits per heavy atom. The van der Waals surface area contributed by atoms with E-state index in [4.69, 9.17) is 0 Å². The van der Waals surface area contributed by atoms with Crippen LogP contribution in [0.3, 0.4) is 0 Å². The summed E-state index contributed by atoms with van der Waals surface area (Å²) in [6.07, 6.45) is -5.24. The third-order valence-electron chi connectivity index (χ3n) is 3.87. The normalized spacial score (nSPS) is 14.2. The van der Waals surface area contributed by atoms with Crippen molar-refractivity contribution in [3.05, 3.63) is 53.4 Å². The molecule has 0 radical (unpaired) electrons. The van der Waals surface area contributed by atoms with E-state index in [1.54, 1.807) is 24.3 Å². The molecule has 1 atom stereocenters. The van der Waals surface area contributed by atoms with Crippen LogP contribution >= 0.6 is 11.3 Å². The summed E-state index contributed by atoms with van der Waals surface area (Å²) in [6.45, 7) is 1.08. The van der Waals surface area contributed by atoms with Gasteiger partial charge in [0.25, 0.3) is 5.60 Å². The smallest absolute Gasteiger partial charge is 0.432 e. The first-order valence-electron chi connectivity index (χ1n) is 7.69. The number of aliphatic hydroxyl groups is 1. The fourth-order valence-electron chi connectivity index (χ4n) is 2.60. The molecule has 1 unspecified atom stereocenters. The highest BCUT2D eigenvalue weighted by Crippen LogP contribution is 2.45. The van der Waals surface area contributed by atoms with Gasteiger partial charge in [-0.2, -0.15) is 13.2 Å². The van der Waals surface area contributed by atoms with Crippen LogP contribution in [0.4, 0.5) is 13.2 Å². The lowest BCUT2D eigenvalue weighted by Gasteiger charge is -2.28. The van der Waals surface area contributed by atoms with Crippen molar-refractivity contribution < 1.29 is 27.8 Å². The van der Waals surface area contributed by atoms with E-state index in [0.717, 1.165) is 22.8 Å². The van der Waals surface area contributed by atoms with Crippen molar-refractivity contribution >= 4 is 28.2 Å². The number of nitrogens with zero attached hydrogens (tertiary/aromatic N) is 1. The first kappa shape index (κ1) is 18.3. The summed E-state index contributed by atoms with van der Waals surface area (Å²) < 4.78 is 45.4. The van der Waals surface area contributed by atoms with Crippen molar-refractivity contribution in [2.75, 3.05) is 6.61 Å². The monoisotopic (exact) mass is 381 g/mol. The van der Waals surface area contributed by atoms with Crippen molar-refractivity contribution in [1.82, 2.24) is 4.98 Å². The average Bonchev–Trinajstić information content (AvgIpc) is 3.09. The zero-order valence-electron chi connectivity index (χ0n) is 13.6. The van der Waals surface area contributed by atoms with E-state index in [1.807, 2.05) is 12.1 Å². The summed E-state index contributed by atoms with van der Waals surface area (Å²) in [7, 11) is 0. The van der Waals surface area contributed by atoms with Gasteiger partial charge in [0.1, 0.15) is 0 Å². The number of alkyl halides is 3. The van der Waals surface area contributed by atoms with Gasteiger partial charge in [-0.1, -0.05) is 24.3 Å². The molecule has 0 saturated carbocycles. The van der Waals surface area contributed by atoms with Gasteiger partial charge in [-0.05, 0) is 30.5 Å². The Morgan fingerprint density at radius 3 is 2.62 bits per heavy atom. The number of benzene rings is 1. The molecule has 1 aromatic carbocycles. The van der Waals surface area contributed by atoms with Gasteiger partial charge >= 0.3 is 12.1 Å². The van der Waals surface area contributed by atoms with E-state index in [2.05, 4.69) is 9.72 Å². The lowest BCUT2D eigenvalue weighted by molar-refractivity contribution is -0.267. The van der Waals surface area contributed by atoms with Crippen LogP contribution in [0, 0.1) is 0 Å². The molecule has 8 heteroatoms. The second-order valence-corrected chi connectivity index (χ2v) is 6.40. The molecule has 1 N–H and O–H groups in total. The first-order chi connectivity index (χ1) is 12.3. The summed E-state index contributed by atoms with van der Waals surface area (Å²) in [5.41, 5.74) is -3.51. The SMILES string of the molecule is CCOC(=O)C(O)(c1ccsc1-c1ccc2ccccc2n1)C(F)(F)F. The molecule has 0 fully saturated rings. The highest BCUT2D eigenvalue weighted by Gasteiger charge is 2.63. The third-order valence-corrected chi connectivity index (χ3v) is 4.80. The van der Waals surface area contributed by atoms with Crippen molar-refractivity contribution in [3.8, 4) is 10.6 Å². The Bertz CT molecular complexity index is 954. The standard InChI is InChI=1S/C18H14F3NO3S/c1-2-25-16(23)17(24,18(19,20)21)12-9-10-26-15(12)14-8-7-11-5-3-4-6-13(11)22-14/h3-10,24H,2H2,1H3. The molecular weight excluding hydrogens is 367 g/mol. The van der Waals surface area contributed by atoms with Gasteiger partial charge in [-0.15, -0.1) is 11.3 Å². The highest BCUT2D eigenvalue weighted by molar-refractivity contribution is 7.13. The number of fused-ring (bicyclic) bond motifs is 1. The van der Waals surface area contributed by atoms with Crippen LogP contribution in [0.1, 0.15) is 12.5 Å². The third kappa shape index (κ3) is 2.95. The number of carbonyl (C=O) groups excluding carboxylic acids is 1. The quantitative estimate of drug-likeness (QED) is 0.686. The summed E-state index contributed by atoms with van der Waals surface area (Å²) in [6, 6.07) is 11.5. The predicted molar refractivity (Wildman–Crippen MR) is 91.6 cm³/mol. The molecule has 0 bridgehead atoms. The molecule has 0 saturated heterocycles. The number of esters is 1. The summed E-state index contributed by atoms with van der Waals surface area (Å²) in [4.78, 5) is 16.4. The Balaban J connectivity index is 2.17. The fourth-order valence-corrected chi connectivity index (χ4v) is 3.52. The molecule has 2 aromatic heterocycles. The topological polar surface area (TPSA) is 59.4 Å². The second kappa shape index (κ2) is 6.69. The molecular formula is C18H14F3NO3S. The Morgan fingerprint density at radius 1 is 1.19 bits per heavy atom. The maximum Gasteiger partial charge on any atom is 0.432 e. The van der Waals surface area contributed by atoms with Gasteiger partial charge in [-0.25, -0.2) is 9.78 Å². The van der Waals surface area contributed by atoms with Crippen LogP contribution in [0.25, 0.3) is 21.5 Å². The van der Waals surface area contributed by atoms with Crippen molar-refractivity contribution in [1.29, 1.82) is 0 Å². The van der Waals surface area contributed by atoms with Crippen LogP contribution in [0.2, 0.25) is 0 Å². The number of hydrogen-bond donors (Lipinski definition) is 1. The molecule has 0 aliphatic carbocycles. The maximum atomic E-state index is 13.6. The van der Waals surface area contributed by atoms with E-state index in [1.165, 1.54) is 12.3 Å². The number of rotatable bonds is 4. The van der Waals surface area contributed by atoms with Gasteiger partial charge in [0.05, 0.1) is 22.7 Å². The van der Waals surface area contributed by atoms with Gasteiger partial charge in [0, 0.05) is 10.9 Å². The maximum absolute atomic E-state index is 13.6. The van der Waals surface area contributed by atoms with E-state index in [0.29, 0.717) is 5.52 Å². The zero-order valence-corrected chi connectivity index (χ0v) is 14.4. The van der Waals surface area contributed by atoms with Crippen LogP contribution in [-0.2, 0) is 15.1 Å². The van der Waals surface area contributed by atoms with Gasteiger partial charge in [-0.3, -0.25) is 0 Å². The number of pyridine rings is 1. The lowest BCUT2D eigenvalue weighted by atomic mass is 9.92. The van der Waals surface area contributed by atoms with E-state index in [9.17, 15) is 23.1 Å². The van der Waals surface area contributed by atoms with Crippen molar-refractivity contribution in [3.63, 3.8) is 0 Å². The number of ether oxygens (including phenoxy) is 1. The van der Waals surface area contributed by atoms with Gasteiger partial charge in [0.2, 0.25) is 0 Å². The Kier molecular flexibility index (Phi) is 4.72. The van der Waals surface area contributed by atoms with E-state index in [-0.39, 0.29) is 17.2 Å². The fraction of sp³-hybridized carbons (Fsp3) is 0.222. The molecule has 2 heterocycles. The number of carbonyl (C=O) groups is 1. The van der Waals surface area contributed by atoms with Gasteiger partial charge < -0.3 is 9.84 Å². The minimum atomic E-state index is -5.24. The molecule has 3 aromatic rings. The molecule has 0 spiro atoms. The molecule has 4 nitrogen and oxygen atoms in total. The number of thiophene rings is 1. The second-order valence-electron chi connectivity index (χ2n) is 5.48. The molecule has 0 aliphatic heterocycles. The summed E-state index contributed by atoms with van der Waals surface area (Å²) >= 11 is 0.959. The average molecular weight is 381 g/mol. The minimum absolute atomic E-state index is 0.0589. The van der Waals surface area contributed by atoms with Crippen LogP contribution in [0.5, 0.6) is 0 Å². The van der Waals surface area contributed by atoms with Crippen LogP contribution in [0.15, 0.2) is 47.8 Å². The van der Waals surface area contributed by atoms with E-state index < -0.39 is 23.3 Å². The molecule has 0 amide bonds. The first-order valence-corrected chi connectivity index (χ1v) is 8.57. The number of para-hydroxylation sites is 1. The largest absolute Gasteiger partial charge is 0.463 e. The van der Waals surface area contributed by atoms with Crippen LogP contribution < -0.4 is 0 Å². The lowest BCUT2D eigenvalue weighted by Crippen LogP contribution is -2.50. The Labute approximate surface area is 150 Å². The molecule has 0 aliphatic rings. The summed E-state index contributed by atoms with van der Waals surface area (Å²) in [5.74, 6) is -1.76. The highest BCUT2D eigenvalue weighted by atomic mass is 32.1.